The summed E-state index contributed by atoms with van der Waals surface area (Å²) in [6.07, 6.45) is 2.81. The van der Waals surface area contributed by atoms with Crippen LogP contribution in [0.15, 0.2) is 29.4 Å². The number of nitrogens with zero attached hydrogens (tertiary/aromatic N) is 3. The molecule has 0 saturated carbocycles. The standard InChI is InChI=1S/C23H26N4O4S2/c1-4-30-22(29)20-16-9-6-10-17(16)33-21(20)24-19(28)13-32-23-26-25-18(27(23)3)12-31-15-8-5-7-14(2)11-15/h5,7-8,11H,4,6,9-10,12-13H2,1-3H3,(H,24,28). The lowest BCUT2D eigenvalue weighted by atomic mass is 10.1. The molecule has 0 atom stereocenters. The topological polar surface area (TPSA) is 95.3 Å². The van der Waals surface area contributed by atoms with Crippen LogP contribution in [0.3, 0.4) is 0 Å². The highest BCUT2D eigenvalue weighted by molar-refractivity contribution is 7.99. The van der Waals surface area contributed by atoms with Gasteiger partial charge in [-0.2, -0.15) is 0 Å². The number of nitrogens with one attached hydrogen (secondary N) is 1. The second-order valence-electron chi connectivity index (χ2n) is 7.68. The van der Waals surface area contributed by atoms with Crippen LogP contribution in [-0.4, -0.2) is 39.0 Å². The van der Waals surface area contributed by atoms with Crippen LogP contribution < -0.4 is 10.1 Å². The minimum atomic E-state index is -0.369. The normalized spacial score (nSPS) is 12.5. The average molecular weight is 487 g/mol. The lowest BCUT2D eigenvalue weighted by Crippen LogP contribution is -2.17. The van der Waals surface area contributed by atoms with Crippen molar-refractivity contribution in [3.8, 4) is 5.75 Å². The predicted octanol–water partition coefficient (Wildman–Crippen LogP) is 4.16. The van der Waals surface area contributed by atoms with Crippen molar-refractivity contribution in [2.75, 3.05) is 17.7 Å². The van der Waals surface area contributed by atoms with Gasteiger partial charge in [-0.1, -0.05) is 23.9 Å². The van der Waals surface area contributed by atoms with Gasteiger partial charge >= 0.3 is 5.97 Å². The van der Waals surface area contributed by atoms with Crippen LogP contribution in [0.4, 0.5) is 5.00 Å². The van der Waals surface area contributed by atoms with Crippen molar-refractivity contribution in [2.24, 2.45) is 7.05 Å². The van der Waals surface area contributed by atoms with Gasteiger partial charge in [0, 0.05) is 11.9 Å². The maximum Gasteiger partial charge on any atom is 0.341 e. The van der Waals surface area contributed by atoms with Gasteiger partial charge in [-0.05, 0) is 56.4 Å². The maximum absolute atomic E-state index is 12.6. The zero-order valence-electron chi connectivity index (χ0n) is 18.8. The Labute approximate surface area is 200 Å². The molecule has 1 aliphatic carbocycles. The fourth-order valence-electron chi connectivity index (χ4n) is 3.65. The van der Waals surface area contributed by atoms with Crippen LogP contribution in [0.2, 0.25) is 0 Å². The second-order valence-corrected chi connectivity index (χ2v) is 9.73. The highest BCUT2D eigenvalue weighted by Crippen LogP contribution is 2.39. The van der Waals surface area contributed by atoms with Crippen molar-refractivity contribution in [1.82, 2.24) is 14.8 Å². The monoisotopic (exact) mass is 486 g/mol. The van der Waals surface area contributed by atoms with Crippen molar-refractivity contribution < 1.29 is 19.1 Å². The van der Waals surface area contributed by atoms with E-state index in [4.69, 9.17) is 9.47 Å². The molecule has 8 nitrogen and oxygen atoms in total. The second kappa shape index (κ2) is 10.4. The number of aryl methyl sites for hydroxylation is 2. The molecule has 33 heavy (non-hydrogen) atoms. The molecule has 0 radical (unpaired) electrons. The molecule has 2 heterocycles. The van der Waals surface area contributed by atoms with E-state index in [1.54, 1.807) is 6.92 Å². The number of esters is 1. The molecule has 0 unspecified atom stereocenters. The van der Waals surface area contributed by atoms with E-state index in [1.165, 1.54) is 23.1 Å². The molecule has 0 spiro atoms. The van der Waals surface area contributed by atoms with Gasteiger partial charge in [0.25, 0.3) is 0 Å². The van der Waals surface area contributed by atoms with Crippen molar-refractivity contribution in [3.63, 3.8) is 0 Å². The molecule has 0 fully saturated rings. The number of benzene rings is 1. The third-order valence-electron chi connectivity index (χ3n) is 5.27. The van der Waals surface area contributed by atoms with Crippen molar-refractivity contribution >= 4 is 40.0 Å². The Hall–Kier alpha value is -2.85. The van der Waals surface area contributed by atoms with Crippen LogP contribution in [0.5, 0.6) is 5.75 Å². The summed E-state index contributed by atoms with van der Waals surface area (Å²) in [6.45, 7) is 4.37. The highest BCUT2D eigenvalue weighted by atomic mass is 32.2. The fourth-order valence-corrected chi connectivity index (χ4v) is 5.68. The largest absolute Gasteiger partial charge is 0.486 e. The van der Waals surface area contributed by atoms with Crippen molar-refractivity contribution in [3.05, 3.63) is 51.7 Å². The highest BCUT2D eigenvalue weighted by Gasteiger charge is 2.28. The molecule has 0 bridgehead atoms. The van der Waals surface area contributed by atoms with E-state index >= 15 is 0 Å². The SMILES string of the molecule is CCOC(=O)c1c(NC(=O)CSc2nnc(COc3cccc(C)c3)n2C)sc2c1CCC2. The minimum Gasteiger partial charge on any atom is -0.486 e. The zero-order valence-corrected chi connectivity index (χ0v) is 20.5. The number of rotatable bonds is 9. The number of aromatic nitrogens is 3. The quantitative estimate of drug-likeness (QED) is 0.358. The number of hydrogen-bond acceptors (Lipinski definition) is 8. The lowest BCUT2D eigenvalue weighted by Gasteiger charge is -2.08. The Morgan fingerprint density at radius 3 is 2.91 bits per heavy atom. The number of ether oxygens (including phenoxy) is 2. The van der Waals surface area contributed by atoms with Crippen LogP contribution in [0, 0.1) is 6.92 Å². The molecule has 3 aromatic rings. The van der Waals surface area contributed by atoms with Gasteiger partial charge in [0.05, 0.1) is 17.9 Å². The van der Waals surface area contributed by atoms with Crippen molar-refractivity contribution in [1.29, 1.82) is 0 Å². The van der Waals surface area contributed by atoms with Gasteiger partial charge in [-0.25, -0.2) is 4.79 Å². The Kier molecular flexibility index (Phi) is 7.34. The number of anilines is 1. The van der Waals surface area contributed by atoms with Gasteiger partial charge in [0.1, 0.15) is 17.4 Å². The molecular weight excluding hydrogens is 460 g/mol. The summed E-state index contributed by atoms with van der Waals surface area (Å²) < 4.78 is 12.8. The molecule has 0 saturated heterocycles. The number of carbonyl (C=O) groups is 2. The summed E-state index contributed by atoms with van der Waals surface area (Å²) in [5, 5.41) is 12.5. The lowest BCUT2D eigenvalue weighted by molar-refractivity contribution is -0.113. The van der Waals surface area contributed by atoms with E-state index in [1.807, 2.05) is 42.8 Å². The smallest absolute Gasteiger partial charge is 0.341 e. The van der Waals surface area contributed by atoms with Gasteiger partial charge in [-0.3, -0.25) is 4.79 Å². The summed E-state index contributed by atoms with van der Waals surface area (Å²) in [5.41, 5.74) is 2.66. The van der Waals surface area contributed by atoms with Gasteiger partial charge in [0.15, 0.2) is 11.0 Å². The number of carbonyl (C=O) groups excluding carboxylic acids is 2. The van der Waals surface area contributed by atoms with Gasteiger partial charge in [0.2, 0.25) is 5.91 Å². The first-order valence-electron chi connectivity index (χ1n) is 10.8. The number of hydrogen-bond donors (Lipinski definition) is 1. The molecule has 174 valence electrons. The van der Waals surface area contributed by atoms with E-state index in [-0.39, 0.29) is 24.2 Å². The first-order chi connectivity index (χ1) is 16.0. The summed E-state index contributed by atoms with van der Waals surface area (Å²) in [4.78, 5) is 26.3. The number of thioether (sulfide) groups is 1. The summed E-state index contributed by atoms with van der Waals surface area (Å²) in [5.74, 6) is 1.01. The van der Waals surface area contributed by atoms with E-state index in [9.17, 15) is 9.59 Å². The molecule has 1 amide bonds. The van der Waals surface area contributed by atoms with Gasteiger partial charge in [-0.15, -0.1) is 21.5 Å². The van der Waals surface area contributed by atoms with E-state index in [0.717, 1.165) is 41.0 Å². The minimum absolute atomic E-state index is 0.148. The van der Waals surface area contributed by atoms with E-state index in [0.29, 0.717) is 28.2 Å². The molecule has 10 heteroatoms. The first kappa shape index (κ1) is 23.3. The van der Waals surface area contributed by atoms with Crippen LogP contribution in [-0.2, 0) is 36.0 Å². The maximum atomic E-state index is 12.6. The molecule has 2 aromatic heterocycles. The Morgan fingerprint density at radius 1 is 1.27 bits per heavy atom. The molecule has 0 aliphatic heterocycles. The van der Waals surface area contributed by atoms with E-state index < -0.39 is 0 Å². The van der Waals surface area contributed by atoms with Gasteiger partial charge < -0.3 is 19.4 Å². The zero-order chi connectivity index (χ0) is 23.4. The summed E-state index contributed by atoms with van der Waals surface area (Å²) >= 11 is 2.76. The third-order valence-corrected chi connectivity index (χ3v) is 7.50. The molecule has 4 rings (SSSR count). The molecule has 1 aromatic carbocycles. The molecular formula is C23H26N4O4S2. The Balaban J connectivity index is 1.36. The Morgan fingerprint density at radius 2 is 2.12 bits per heavy atom. The first-order valence-corrected chi connectivity index (χ1v) is 12.6. The molecule has 1 aliphatic rings. The fraction of sp³-hybridized carbons (Fsp3) is 0.391. The third kappa shape index (κ3) is 5.39. The Bertz CT molecular complexity index is 1170. The average Bonchev–Trinajstić information content (AvgIpc) is 3.46. The van der Waals surface area contributed by atoms with Crippen molar-refractivity contribution in [2.45, 2.75) is 44.9 Å². The van der Waals surface area contributed by atoms with E-state index in [2.05, 4.69) is 15.5 Å². The van der Waals surface area contributed by atoms with Crippen LogP contribution in [0.1, 0.15) is 45.5 Å². The van der Waals surface area contributed by atoms with Crippen LogP contribution >= 0.6 is 23.1 Å². The number of amides is 1. The summed E-state index contributed by atoms with van der Waals surface area (Å²) in [7, 11) is 1.85. The predicted molar refractivity (Wildman–Crippen MR) is 128 cm³/mol. The molecule has 1 N–H and O–H groups in total. The van der Waals surface area contributed by atoms with Crippen LogP contribution in [0.25, 0.3) is 0 Å². The summed E-state index contributed by atoms with van der Waals surface area (Å²) in [6, 6.07) is 7.81. The number of fused-ring (bicyclic) bond motifs is 1. The number of thiophene rings is 1.